The fraction of sp³-hybridized carbons (Fsp3) is 0.294. The van der Waals surface area contributed by atoms with Crippen molar-refractivity contribution in [3.63, 3.8) is 0 Å². The fourth-order valence-electron chi connectivity index (χ4n) is 2.79. The number of amides is 1. The van der Waals surface area contributed by atoms with Crippen LogP contribution in [-0.2, 0) is 0 Å². The molecule has 1 aliphatic heterocycles. The van der Waals surface area contributed by atoms with Crippen LogP contribution in [0.25, 0.3) is 16.6 Å². The van der Waals surface area contributed by atoms with Gasteiger partial charge in [0.1, 0.15) is 0 Å². The van der Waals surface area contributed by atoms with E-state index in [1.165, 1.54) is 0 Å². The van der Waals surface area contributed by atoms with Gasteiger partial charge in [0.2, 0.25) is 0 Å². The predicted molar refractivity (Wildman–Crippen MR) is 105 cm³/mol. The molecule has 1 aromatic carbocycles. The van der Waals surface area contributed by atoms with Crippen LogP contribution < -0.4 is 10.6 Å². The number of pyridine rings is 1. The van der Waals surface area contributed by atoms with Gasteiger partial charge >= 0.3 is 0 Å². The number of fused-ring (bicyclic) bond motifs is 1. The van der Waals surface area contributed by atoms with E-state index in [4.69, 9.17) is 0 Å². The Morgan fingerprint density at radius 3 is 2.85 bits per heavy atom. The summed E-state index contributed by atoms with van der Waals surface area (Å²) in [6, 6.07) is 9.76. The van der Waals surface area contributed by atoms with Gasteiger partial charge in [-0.15, -0.1) is 29.9 Å². The first-order chi connectivity index (χ1) is 11.7. The lowest BCUT2D eigenvalue weighted by Gasteiger charge is -2.26. The summed E-state index contributed by atoms with van der Waals surface area (Å²) in [5, 5.41) is 15.4. The minimum atomic E-state index is -0.173. The SMILES string of the molecule is Cc1c(C(=O)NCC2CNC2)nnn1-c1ccc2ncccc2c1.Cl.Cl. The first kappa shape index (κ1) is 20.1. The Morgan fingerprint density at radius 2 is 2.12 bits per heavy atom. The Morgan fingerprint density at radius 1 is 1.31 bits per heavy atom. The maximum atomic E-state index is 12.3. The molecule has 4 rings (SSSR count). The standard InChI is InChI=1S/C17H18N6O.2ClH/c1-11-16(17(24)20-10-12-8-18-9-12)21-22-23(11)14-4-5-15-13(7-14)3-2-6-19-15;;/h2-7,12,18H,8-10H2,1H3,(H,20,24);2*1H. The molecule has 2 N–H and O–H groups in total. The molecule has 3 heterocycles. The highest BCUT2D eigenvalue weighted by atomic mass is 35.5. The van der Waals surface area contributed by atoms with E-state index in [2.05, 4.69) is 25.9 Å². The molecule has 138 valence electrons. The number of halogens is 2. The number of rotatable bonds is 4. The average molecular weight is 395 g/mol. The Balaban J connectivity index is 0.00000121. The molecule has 0 saturated carbocycles. The molecule has 0 aliphatic carbocycles. The molecule has 26 heavy (non-hydrogen) atoms. The number of carbonyl (C=O) groups excluding carboxylic acids is 1. The first-order valence-electron chi connectivity index (χ1n) is 7.99. The van der Waals surface area contributed by atoms with Crippen molar-refractivity contribution in [2.24, 2.45) is 5.92 Å². The summed E-state index contributed by atoms with van der Waals surface area (Å²) in [5.41, 5.74) is 2.88. The van der Waals surface area contributed by atoms with E-state index >= 15 is 0 Å². The van der Waals surface area contributed by atoms with Crippen LogP contribution in [0, 0.1) is 12.8 Å². The van der Waals surface area contributed by atoms with Crippen molar-refractivity contribution in [2.45, 2.75) is 6.92 Å². The molecule has 0 unspecified atom stereocenters. The second-order valence-electron chi connectivity index (χ2n) is 6.05. The van der Waals surface area contributed by atoms with Crippen LogP contribution in [-0.4, -0.2) is 45.5 Å². The van der Waals surface area contributed by atoms with Crippen LogP contribution in [0.1, 0.15) is 16.2 Å². The molecule has 0 spiro atoms. The lowest BCUT2D eigenvalue weighted by Crippen LogP contribution is -2.48. The Bertz CT molecular complexity index is 909. The molecule has 0 radical (unpaired) electrons. The zero-order chi connectivity index (χ0) is 16.5. The van der Waals surface area contributed by atoms with Crippen LogP contribution >= 0.6 is 24.8 Å². The van der Waals surface area contributed by atoms with E-state index in [-0.39, 0.29) is 30.7 Å². The second-order valence-corrected chi connectivity index (χ2v) is 6.05. The summed E-state index contributed by atoms with van der Waals surface area (Å²) in [7, 11) is 0. The summed E-state index contributed by atoms with van der Waals surface area (Å²) in [4.78, 5) is 16.6. The van der Waals surface area contributed by atoms with Gasteiger partial charge in [0, 0.05) is 37.1 Å². The van der Waals surface area contributed by atoms with E-state index in [9.17, 15) is 4.79 Å². The lowest BCUT2D eigenvalue weighted by molar-refractivity contribution is 0.0936. The normalized spacial score (nSPS) is 13.4. The third-order valence-corrected chi connectivity index (χ3v) is 4.36. The summed E-state index contributed by atoms with van der Waals surface area (Å²) >= 11 is 0. The van der Waals surface area contributed by atoms with Crippen LogP contribution in [0.2, 0.25) is 0 Å². The number of aromatic nitrogens is 4. The quantitative estimate of drug-likeness (QED) is 0.705. The van der Waals surface area contributed by atoms with Gasteiger partial charge < -0.3 is 10.6 Å². The molecule has 0 bridgehead atoms. The summed E-state index contributed by atoms with van der Waals surface area (Å²) in [5.74, 6) is 0.338. The summed E-state index contributed by atoms with van der Waals surface area (Å²) in [6.07, 6.45) is 1.77. The maximum absolute atomic E-state index is 12.3. The van der Waals surface area contributed by atoms with Crippen molar-refractivity contribution in [1.29, 1.82) is 0 Å². The van der Waals surface area contributed by atoms with Gasteiger partial charge in [0.05, 0.1) is 16.9 Å². The third kappa shape index (κ3) is 3.80. The van der Waals surface area contributed by atoms with Crippen molar-refractivity contribution >= 4 is 41.6 Å². The zero-order valence-corrected chi connectivity index (χ0v) is 15.8. The molecule has 1 saturated heterocycles. The largest absolute Gasteiger partial charge is 0.350 e. The Kier molecular flexibility index (Phi) is 6.52. The third-order valence-electron chi connectivity index (χ3n) is 4.36. The molecule has 1 amide bonds. The number of carbonyl (C=O) groups is 1. The number of nitrogens with zero attached hydrogens (tertiary/aromatic N) is 4. The predicted octanol–water partition coefficient (Wildman–Crippen LogP) is 1.92. The second kappa shape index (κ2) is 8.44. The first-order valence-corrected chi connectivity index (χ1v) is 7.99. The van der Waals surface area contributed by atoms with Gasteiger partial charge in [-0.3, -0.25) is 9.78 Å². The highest BCUT2D eigenvalue weighted by molar-refractivity contribution is 5.93. The van der Waals surface area contributed by atoms with Crippen LogP contribution in [0.15, 0.2) is 36.5 Å². The van der Waals surface area contributed by atoms with Gasteiger partial charge in [-0.1, -0.05) is 11.3 Å². The summed E-state index contributed by atoms with van der Waals surface area (Å²) < 4.78 is 1.69. The Hall–Kier alpha value is -2.22. The van der Waals surface area contributed by atoms with Crippen molar-refractivity contribution in [3.05, 3.63) is 47.9 Å². The van der Waals surface area contributed by atoms with Crippen molar-refractivity contribution in [1.82, 2.24) is 30.6 Å². The van der Waals surface area contributed by atoms with Crippen LogP contribution in [0.4, 0.5) is 0 Å². The van der Waals surface area contributed by atoms with Crippen LogP contribution in [0.5, 0.6) is 0 Å². The van der Waals surface area contributed by atoms with Gasteiger partial charge in [0.15, 0.2) is 5.69 Å². The minimum Gasteiger partial charge on any atom is -0.350 e. The molecule has 0 atom stereocenters. The lowest BCUT2D eigenvalue weighted by atomic mass is 10.0. The van der Waals surface area contributed by atoms with E-state index in [1.807, 2.05) is 37.3 Å². The monoisotopic (exact) mass is 394 g/mol. The average Bonchev–Trinajstić information content (AvgIpc) is 2.94. The molecule has 9 heteroatoms. The van der Waals surface area contributed by atoms with Crippen molar-refractivity contribution in [3.8, 4) is 5.69 Å². The van der Waals surface area contributed by atoms with E-state index in [0.29, 0.717) is 18.2 Å². The molecule has 1 aliphatic rings. The topological polar surface area (TPSA) is 84.7 Å². The highest BCUT2D eigenvalue weighted by Gasteiger charge is 2.21. The molecular weight excluding hydrogens is 375 g/mol. The molecule has 1 fully saturated rings. The van der Waals surface area contributed by atoms with E-state index < -0.39 is 0 Å². The molecule has 7 nitrogen and oxygen atoms in total. The highest BCUT2D eigenvalue weighted by Crippen LogP contribution is 2.18. The summed E-state index contributed by atoms with van der Waals surface area (Å²) in [6.45, 7) is 4.43. The van der Waals surface area contributed by atoms with Gasteiger partial charge in [0.25, 0.3) is 5.91 Å². The van der Waals surface area contributed by atoms with E-state index in [0.717, 1.165) is 35.4 Å². The molecule has 3 aromatic rings. The number of nitrogens with one attached hydrogen (secondary N) is 2. The Labute approximate surface area is 163 Å². The molecular formula is C17H20Cl2N6O. The van der Waals surface area contributed by atoms with Crippen LogP contribution in [0.3, 0.4) is 0 Å². The van der Waals surface area contributed by atoms with Crippen molar-refractivity contribution < 1.29 is 4.79 Å². The molecule has 2 aromatic heterocycles. The number of hydrogen-bond acceptors (Lipinski definition) is 5. The van der Waals surface area contributed by atoms with Crippen molar-refractivity contribution in [2.75, 3.05) is 19.6 Å². The smallest absolute Gasteiger partial charge is 0.273 e. The minimum absolute atomic E-state index is 0. The zero-order valence-electron chi connectivity index (χ0n) is 14.2. The van der Waals surface area contributed by atoms with Gasteiger partial charge in [-0.2, -0.15) is 0 Å². The van der Waals surface area contributed by atoms with E-state index in [1.54, 1.807) is 10.9 Å². The van der Waals surface area contributed by atoms with Gasteiger partial charge in [-0.25, -0.2) is 4.68 Å². The maximum Gasteiger partial charge on any atom is 0.273 e. The number of hydrogen-bond donors (Lipinski definition) is 2. The van der Waals surface area contributed by atoms with Gasteiger partial charge in [-0.05, 0) is 31.2 Å². The number of benzene rings is 1. The fourth-order valence-corrected chi connectivity index (χ4v) is 2.79.